The zero-order chi connectivity index (χ0) is 7.28. The van der Waals surface area contributed by atoms with Crippen molar-refractivity contribution in [2.45, 2.75) is 33.1 Å². The minimum absolute atomic E-state index is 0. The van der Waals surface area contributed by atoms with Crippen molar-refractivity contribution in [2.75, 3.05) is 0 Å². The van der Waals surface area contributed by atoms with Crippen LogP contribution in [0.5, 0.6) is 0 Å². The summed E-state index contributed by atoms with van der Waals surface area (Å²) < 4.78 is 0. The van der Waals surface area contributed by atoms with Gasteiger partial charge in [0.05, 0.1) is 6.42 Å². The molecule has 0 saturated heterocycles. The monoisotopic (exact) mass is 184 g/mol. The zero-order valence-corrected chi connectivity index (χ0v) is 7.40. The minimum atomic E-state index is -0.0338. The van der Waals surface area contributed by atoms with E-state index in [1.807, 2.05) is 6.92 Å². The molecular weight excluding hydrogens is 172 g/mol. The third-order valence-electron chi connectivity index (χ3n) is 0.975. The second-order valence-electron chi connectivity index (χ2n) is 2.17. The van der Waals surface area contributed by atoms with E-state index < -0.39 is 0 Å². The topological polar surface area (TPSA) is 34.1 Å². The number of rotatable bonds is 4. The summed E-state index contributed by atoms with van der Waals surface area (Å²) in [5, 5.41) is 0. The average molecular weight is 184 g/mol. The summed E-state index contributed by atoms with van der Waals surface area (Å²) in [6.45, 7) is 3.37. The van der Waals surface area contributed by atoms with E-state index in [4.69, 9.17) is 0 Å². The van der Waals surface area contributed by atoms with Gasteiger partial charge in [-0.1, -0.05) is 6.92 Å². The van der Waals surface area contributed by atoms with Crippen molar-refractivity contribution in [2.24, 2.45) is 0 Å². The van der Waals surface area contributed by atoms with Gasteiger partial charge in [-0.3, -0.25) is 9.59 Å². The van der Waals surface area contributed by atoms with E-state index in [-0.39, 0.29) is 35.1 Å². The largest absolute Gasteiger partial charge is 0.300 e. The van der Waals surface area contributed by atoms with Crippen molar-refractivity contribution in [1.29, 1.82) is 0 Å². The molecule has 2 nitrogen and oxygen atoms in total. The van der Waals surface area contributed by atoms with Crippen molar-refractivity contribution in [1.82, 2.24) is 0 Å². The molecule has 0 aliphatic heterocycles. The fourth-order valence-electron chi connectivity index (χ4n) is 0.645. The molecule has 0 aliphatic rings. The first-order chi connectivity index (χ1) is 4.16. The van der Waals surface area contributed by atoms with Gasteiger partial charge in [-0.2, -0.15) is 0 Å². The summed E-state index contributed by atoms with van der Waals surface area (Å²) in [4.78, 5) is 20.9. The van der Waals surface area contributed by atoms with Gasteiger partial charge < -0.3 is 0 Å². The van der Waals surface area contributed by atoms with Gasteiger partial charge in [0.1, 0.15) is 11.6 Å². The molecule has 0 aromatic carbocycles. The molecule has 10 heavy (non-hydrogen) atoms. The van der Waals surface area contributed by atoms with Crippen LogP contribution in [-0.4, -0.2) is 11.6 Å². The molecular formula is C7H12FeO2. The Balaban J connectivity index is 0. The first kappa shape index (κ1) is 12.5. The Morgan fingerprint density at radius 1 is 1.30 bits per heavy atom. The molecule has 0 atom stereocenters. The van der Waals surface area contributed by atoms with Crippen LogP contribution in [0.4, 0.5) is 0 Å². The van der Waals surface area contributed by atoms with Gasteiger partial charge in [0.2, 0.25) is 0 Å². The number of hydrogen-bond acceptors (Lipinski definition) is 2. The number of carbonyl (C=O) groups is 2. The fourth-order valence-corrected chi connectivity index (χ4v) is 0.645. The van der Waals surface area contributed by atoms with Gasteiger partial charge >= 0.3 is 0 Å². The van der Waals surface area contributed by atoms with E-state index in [0.717, 1.165) is 6.42 Å². The first-order valence-corrected chi connectivity index (χ1v) is 3.18. The molecule has 0 unspecified atom stereocenters. The van der Waals surface area contributed by atoms with Crippen LogP contribution in [0.2, 0.25) is 0 Å². The van der Waals surface area contributed by atoms with Crippen LogP contribution >= 0.6 is 0 Å². The van der Waals surface area contributed by atoms with Gasteiger partial charge in [0, 0.05) is 23.5 Å². The van der Waals surface area contributed by atoms with E-state index in [1.165, 1.54) is 6.92 Å². The van der Waals surface area contributed by atoms with E-state index in [0.29, 0.717) is 6.42 Å². The normalized spacial score (nSPS) is 8.20. The quantitative estimate of drug-likeness (QED) is 0.487. The van der Waals surface area contributed by atoms with Crippen molar-refractivity contribution < 1.29 is 26.7 Å². The molecule has 0 amide bonds. The molecule has 0 fully saturated rings. The Kier molecular flexibility index (Phi) is 8.73. The van der Waals surface area contributed by atoms with Gasteiger partial charge in [-0.05, 0) is 13.3 Å². The third kappa shape index (κ3) is 7.86. The predicted octanol–water partition coefficient (Wildman–Crippen LogP) is 1.33. The van der Waals surface area contributed by atoms with Crippen LogP contribution in [0.25, 0.3) is 0 Å². The second-order valence-corrected chi connectivity index (χ2v) is 2.17. The number of carbonyl (C=O) groups excluding carboxylic acids is 2. The van der Waals surface area contributed by atoms with E-state index in [9.17, 15) is 9.59 Å². The molecule has 0 spiro atoms. The Bertz CT molecular complexity index is 121. The summed E-state index contributed by atoms with van der Waals surface area (Å²) in [6.07, 6.45) is 1.50. The molecule has 0 heterocycles. The Morgan fingerprint density at radius 2 is 1.80 bits per heavy atom. The molecule has 0 saturated carbocycles. The molecule has 0 rings (SSSR count). The average Bonchev–Trinajstić information content (AvgIpc) is 1.63. The van der Waals surface area contributed by atoms with Crippen molar-refractivity contribution >= 4 is 11.6 Å². The SMILES string of the molecule is CCCC(=O)CC(C)=O.[Fe]. The molecule has 0 bridgehead atoms. The molecule has 0 N–H and O–H groups in total. The molecule has 0 aromatic heterocycles. The standard InChI is InChI=1S/C7H12O2.Fe/c1-3-4-7(9)5-6(2)8;/h3-5H2,1-2H3;. The van der Waals surface area contributed by atoms with Crippen molar-refractivity contribution in [3.63, 3.8) is 0 Å². The Hall–Kier alpha value is -0.141. The fraction of sp³-hybridized carbons (Fsp3) is 0.714. The summed E-state index contributed by atoms with van der Waals surface area (Å²) >= 11 is 0. The maximum absolute atomic E-state index is 10.6. The summed E-state index contributed by atoms with van der Waals surface area (Å²) in [7, 11) is 0. The van der Waals surface area contributed by atoms with E-state index in [2.05, 4.69) is 0 Å². The van der Waals surface area contributed by atoms with Crippen LogP contribution in [0.1, 0.15) is 33.1 Å². The Morgan fingerprint density at radius 3 is 2.10 bits per heavy atom. The van der Waals surface area contributed by atoms with E-state index in [1.54, 1.807) is 0 Å². The number of ketones is 2. The smallest absolute Gasteiger partial charge is 0.140 e. The predicted molar refractivity (Wildman–Crippen MR) is 35.2 cm³/mol. The van der Waals surface area contributed by atoms with Crippen LogP contribution in [0.3, 0.4) is 0 Å². The minimum Gasteiger partial charge on any atom is -0.300 e. The summed E-state index contributed by atoms with van der Waals surface area (Å²) in [5.74, 6) is 0.0263. The maximum Gasteiger partial charge on any atom is 0.140 e. The van der Waals surface area contributed by atoms with Gasteiger partial charge in [0.25, 0.3) is 0 Å². The second kappa shape index (κ2) is 6.97. The van der Waals surface area contributed by atoms with E-state index >= 15 is 0 Å². The van der Waals surface area contributed by atoms with Crippen LogP contribution in [0, 0.1) is 0 Å². The molecule has 0 aromatic rings. The third-order valence-corrected chi connectivity index (χ3v) is 0.975. The molecule has 0 aliphatic carbocycles. The van der Waals surface area contributed by atoms with Gasteiger partial charge in [-0.15, -0.1) is 0 Å². The first-order valence-electron chi connectivity index (χ1n) is 3.18. The van der Waals surface area contributed by atoms with Gasteiger partial charge in [-0.25, -0.2) is 0 Å². The van der Waals surface area contributed by atoms with Crippen molar-refractivity contribution in [3.8, 4) is 0 Å². The maximum atomic E-state index is 10.6. The Labute approximate surface area is 71.8 Å². The summed E-state index contributed by atoms with van der Waals surface area (Å²) in [6, 6.07) is 0. The van der Waals surface area contributed by atoms with Crippen LogP contribution in [-0.2, 0) is 26.7 Å². The number of Topliss-reactive ketones (excluding diaryl/α,β-unsaturated/α-hetero) is 2. The number of hydrogen-bond donors (Lipinski definition) is 0. The molecule has 60 valence electrons. The molecule has 3 heteroatoms. The molecule has 0 radical (unpaired) electrons. The van der Waals surface area contributed by atoms with Gasteiger partial charge in [0.15, 0.2) is 0 Å². The summed E-state index contributed by atoms with van der Waals surface area (Å²) in [5.41, 5.74) is 0. The zero-order valence-electron chi connectivity index (χ0n) is 6.29. The van der Waals surface area contributed by atoms with Crippen LogP contribution in [0.15, 0.2) is 0 Å². The van der Waals surface area contributed by atoms with Crippen molar-refractivity contribution in [3.05, 3.63) is 0 Å². The van der Waals surface area contributed by atoms with Crippen LogP contribution < -0.4 is 0 Å².